The van der Waals surface area contributed by atoms with Crippen LogP contribution in [-0.2, 0) is 0 Å². The molecule has 110 valence electrons. The molecule has 2 nitrogen and oxygen atoms in total. The number of rotatable bonds is 2. The van der Waals surface area contributed by atoms with E-state index < -0.39 is 0 Å². The van der Waals surface area contributed by atoms with Crippen LogP contribution >= 0.6 is 0 Å². The number of benzene rings is 2. The van der Waals surface area contributed by atoms with Crippen molar-refractivity contribution in [1.82, 2.24) is 9.97 Å². The molecule has 0 aliphatic heterocycles. The van der Waals surface area contributed by atoms with Crippen molar-refractivity contribution in [3.05, 3.63) is 79.1 Å². The van der Waals surface area contributed by atoms with Gasteiger partial charge in [0.2, 0.25) is 0 Å². The molecule has 0 aliphatic carbocycles. The van der Waals surface area contributed by atoms with Gasteiger partial charge in [0, 0.05) is 23.2 Å². The SMILES string of the molecule is C=C(C)c1ccnc2c1ccc1c(-c3ccccc3)ccnc12. The first-order chi connectivity index (χ1) is 11.3. The van der Waals surface area contributed by atoms with Crippen molar-refractivity contribution in [2.75, 3.05) is 0 Å². The third kappa shape index (κ3) is 2.20. The van der Waals surface area contributed by atoms with Crippen LogP contribution in [0.15, 0.2) is 73.6 Å². The molecule has 0 amide bonds. The minimum atomic E-state index is 0.931. The van der Waals surface area contributed by atoms with Gasteiger partial charge in [-0.05, 0) is 35.7 Å². The molecule has 0 atom stereocenters. The van der Waals surface area contributed by atoms with Gasteiger partial charge in [-0.15, -0.1) is 0 Å². The minimum absolute atomic E-state index is 0.931. The van der Waals surface area contributed by atoms with E-state index in [1.54, 1.807) is 0 Å². The van der Waals surface area contributed by atoms with Crippen LogP contribution in [-0.4, -0.2) is 9.97 Å². The van der Waals surface area contributed by atoms with Crippen LogP contribution in [0.4, 0.5) is 0 Å². The van der Waals surface area contributed by atoms with Crippen LogP contribution in [0.3, 0.4) is 0 Å². The third-order valence-electron chi connectivity index (χ3n) is 4.17. The first-order valence-electron chi connectivity index (χ1n) is 7.63. The molecule has 0 aliphatic rings. The predicted molar refractivity (Wildman–Crippen MR) is 97.2 cm³/mol. The Kier molecular flexibility index (Phi) is 3.16. The first kappa shape index (κ1) is 13.6. The Morgan fingerprint density at radius 3 is 2.17 bits per heavy atom. The largest absolute Gasteiger partial charge is 0.254 e. The fraction of sp³-hybridized carbons (Fsp3) is 0.0476. The Hall–Kier alpha value is -3.00. The molecule has 4 aromatic rings. The topological polar surface area (TPSA) is 25.8 Å². The molecule has 2 heteroatoms. The molecule has 4 rings (SSSR count). The lowest BCUT2D eigenvalue weighted by molar-refractivity contribution is 1.37. The van der Waals surface area contributed by atoms with E-state index in [0.717, 1.165) is 32.9 Å². The van der Waals surface area contributed by atoms with Gasteiger partial charge in [0.05, 0.1) is 11.0 Å². The van der Waals surface area contributed by atoms with Gasteiger partial charge < -0.3 is 0 Å². The minimum Gasteiger partial charge on any atom is -0.254 e. The van der Waals surface area contributed by atoms with Gasteiger partial charge in [-0.3, -0.25) is 9.97 Å². The normalized spacial score (nSPS) is 11.0. The van der Waals surface area contributed by atoms with Crippen LogP contribution in [0, 0.1) is 0 Å². The molecule has 0 unspecified atom stereocenters. The molecule has 0 saturated heterocycles. The molecule has 2 heterocycles. The van der Waals surface area contributed by atoms with E-state index in [1.165, 1.54) is 11.1 Å². The van der Waals surface area contributed by atoms with Gasteiger partial charge in [-0.25, -0.2) is 0 Å². The molecule has 0 radical (unpaired) electrons. The molecule has 0 bridgehead atoms. The van der Waals surface area contributed by atoms with Crippen LogP contribution in [0.25, 0.3) is 38.5 Å². The summed E-state index contributed by atoms with van der Waals surface area (Å²) in [5.74, 6) is 0. The fourth-order valence-electron chi connectivity index (χ4n) is 3.07. The van der Waals surface area contributed by atoms with Crippen molar-refractivity contribution in [1.29, 1.82) is 0 Å². The highest BCUT2D eigenvalue weighted by Crippen LogP contribution is 2.32. The number of fused-ring (bicyclic) bond motifs is 3. The molecule has 0 N–H and O–H groups in total. The van der Waals surface area contributed by atoms with Crippen molar-refractivity contribution in [3.63, 3.8) is 0 Å². The second-order valence-corrected chi connectivity index (χ2v) is 5.72. The molecule has 0 saturated carbocycles. The fourth-order valence-corrected chi connectivity index (χ4v) is 3.07. The summed E-state index contributed by atoms with van der Waals surface area (Å²) in [6.07, 6.45) is 3.70. The number of nitrogens with zero attached hydrogens (tertiary/aromatic N) is 2. The Morgan fingerprint density at radius 1 is 0.783 bits per heavy atom. The lowest BCUT2D eigenvalue weighted by Crippen LogP contribution is -1.91. The van der Waals surface area contributed by atoms with Crippen molar-refractivity contribution in [2.45, 2.75) is 6.92 Å². The quantitative estimate of drug-likeness (QED) is 0.457. The Morgan fingerprint density at radius 2 is 1.43 bits per heavy atom. The Balaban J connectivity index is 2.10. The maximum atomic E-state index is 4.60. The highest BCUT2D eigenvalue weighted by atomic mass is 14.7. The summed E-state index contributed by atoms with van der Waals surface area (Å²) in [6, 6.07) is 18.7. The van der Waals surface area contributed by atoms with Crippen LogP contribution in [0.2, 0.25) is 0 Å². The average molecular weight is 296 g/mol. The maximum Gasteiger partial charge on any atom is 0.0970 e. The summed E-state index contributed by atoms with van der Waals surface area (Å²) in [6.45, 7) is 6.09. The van der Waals surface area contributed by atoms with Crippen molar-refractivity contribution < 1.29 is 0 Å². The summed E-state index contributed by atoms with van der Waals surface area (Å²) < 4.78 is 0. The lowest BCUT2D eigenvalue weighted by Gasteiger charge is -2.10. The summed E-state index contributed by atoms with van der Waals surface area (Å²) in [7, 11) is 0. The van der Waals surface area contributed by atoms with E-state index in [1.807, 2.05) is 31.5 Å². The summed E-state index contributed by atoms with van der Waals surface area (Å²) in [5.41, 5.74) is 6.41. The number of aromatic nitrogens is 2. The van der Waals surface area contributed by atoms with Crippen molar-refractivity contribution in [2.24, 2.45) is 0 Å². The molecular weight excluding hydrogens is 280 g/mol. The van der Waals surface area contributed by atoms with Gasteiger partial charge in [0.25, 0.3) is 0 Å². The van der Waals surface area contributed by atoms with E-state index in [4.69, 9.17) is 0 Å². The monoisotopic (exact) mass is 296 g/mol. The highest BCUT2D eigenvalue weighted by Gasteiger charge is 2.10. The molecule has 2 aromatic carbocycles. The highest BCUT2D eigenvalue weighted by molar-refractivity contribution is 6.10. The average Bonchev–Trinajstić information content (AvgIpc) is 2.61. The van der Waals surface area contributed by atoms with Crippen molar-refractivity contribution in [3.8, 4) is 11.1 Å². The maximum absolute atomic E-state index is 4.60. The first-order valence-corrected chi connectivity index (χ1v) is 7.63. The van der Waals surface area contributed by atoms with Crippen LogP contribution in [0.1, 0.15) is 12.5 Å². The summed E-state index contributed by atoms with van der Waals surface area (Å²) in [4.78, 5) is 9.19. The zero-order chi connectivity index (χ0) is 15.8. The van der Waals surface area contributed by atoms with Crippen molar-refractivity contribution >= 4 is 27.4 Å². The second-order valence-electron chi connectivity index (χ2n) is 5.72. The van der Waals surface area contributed by atoms with Crippen LogP contribution in [0.5, 0.6) is 0 Å². The predicted octanol–water partition coefficient (Wildman–Crippen LogP) is 5.48. The standard InChI is InChI=1S/C21H16N2/c1-14(2)16-10-12-22-20-18(16)8-9-19-17(11-13-23-21(19)20)15-6-4-3-5-7-15/h3-13H,1H2,2H3. The smallest absolute Gasteiger partial charge is 0.0970 e. The Bertz CT molecular complexity index is 1030. The second kappa shape index (κ2) is 5.33. The van der Waals surface area contributed by atoms with E-state index in [-0.39, 0.29) is 0 Å². The summed E-state index contributed by atoms with van der Waals surface area (Å²) >= 11 is 0. The zero-order valence-corrected chi connectivity index (χ0v) is 13.0. The number of pyridine rings is 2. The molecular formula is C21H16N2. The van der Waals surface area contributed by atoms with Gasteiger partial charge >= 0.3 is 0 Å². The number of allylic oxidation sites excluding steroid dienone is 1. The van der Waals surface area contributed by atoms with Gasteiger partial charge in [-0.2, -0.15) is 0 Å². The molecule has 2 aromatic heterocycles. The van der Waals surface area contributed by atoms with Gasteiger partial charge in [0.15, 0.2) is 0 Å². The number of hydrogen-bond donors (Lipinski definition) is 0. The zero-order valence-electron chi connectivity index (χ0n) is 13.0. The molecule has 23 heavy (non-hydrogen) atoms. The van der Waals surface area contributed by atoms with E-state index >= 15 is 0 Å². The van der Waals surface area contributed by atoms with Gasteiger partial charge in [-0.1, -0.05) is 54.6 Å². The molecule has 0 fully saturated rings. The lowest BCUT2D eigenvalue weighted by atomic mass is 9.97. The van der Waals surface area contributed by atoms with E-state index in [9.17, 15) is 0 Å². The molecule has 0 spiro atoms. The number of hydrogen-bond acceptors (Lipinski definition) is 2. The van der Waals surface area contributed by atoms with Gasteiger partial charge in [0.1, 0.15) is 0 Å². The Labute approximate surface area is 135 Å². The third-order valence-corrected chi connectivity index (χ3v) is 4.17. The van der Waals surface area contributed by atoms with E-state index in [0.29, 0.717) is 0 Å². The van der Waals surface area contributed by atoms with Crippen LogP contribution < -0.4 is 0 Å². The van der Waals surface area contributed by atoms with E-state index in [2.05, 4.69) is 59.0 Å². The summed E-state index contributed by atoms with van der Waals surface area (Å²) in [5, 5.41) is 2.22.